The molecule has 1 rings (SSSR count). The molecule has 0 unspecified atom stereocenters. The van der Waals surface area contributed by atoms with Crippen LogP contribution in [0.5, 0.6) is 0 Å². The van der Waals surface area contributed by atoms with Gasteiger partial charge in [-0.25, -0.2) is 0 Å². The topological polar surface area (TPSA) is 0 Å². The van der Waals surface area contributed by atoms with Gasteiger partial charge in [0.25, 0.3) is 0 Å². The molecule has 0 aromatic carbocycles. The second kappa shape index (κ2) is 4.80. The first-order valence-corrected chi connectivity index (χ1v) is 3.63. The molecule has 0 bridgehead atoms. The molecule has 0 aromatic rings. The van der Waals surface area contributed by atoms with E-state index in [2.05, 4.69) is 48.6 Å². The average Bonchev–Trinajstić information content (AvgIpc) is 2.01. The number of hydrogen-bond donors (Lipinski definition) is 0. The van der Waals surface area contributed by atoms with Crippen LogP contribution in [0.15, 0.2) is 48.6 Å². The minimum Gasteiger partial charge on any atom is -0.0844 e. The van der Waals surface area contributed by atoms with Crippen molar-refractivity contribution >= 4 is 0 Å². The highest BCUT2D eigenvalue weighted by molar-refractivity contribution is 5.14. The summed E-state index contributed by atoms with van der Waals surface area (Å²) in [5.74, 6) is 0. The molecule has 0 N–H and O–H groups in total. The van der Waals surface area contributed by atoms with Crippen LogP contribution in [-0.4, -0.2) is 0 Å². The highest BCUT2D eigenvalue weighted by Gasteiger charge is 1.73. The van der Waals surface area contributed by atoms with Gasteiger partial charge in [-0.15, -0.1) is 0 Å². The minimum atomic E-state index is 1.05. The van der Waals surface area contributed by atoms with E-state index in [0.29, 0.717) is 0 Å². The molecular weight excluding hydrogens is 120 g/mol. The van der Waals surface area contributed by atoms with Crippen molar-refractivity contribution in [2.75, 3.05) is 0 Å². The molecule has 1 aliphatic rings. The third-order valence-corrected chi connectivity index (χ3v) is 1.32. The van der Waals surface area contributed by atoms with Gasteiger partial charge in [0.05, 0.1) is 0 Å². The molecule has 0 aliphatic heterocycles. The van der Waals surface area contributed by atoms with E-state index < -0.39 is 0 Å². The van der Waals surface area contributed by atoms with Crippen LogP contribution in [0.4, 0.5) is 0 Å². The Morgan fingerprint density at radius 3 is 1.50 bits per heavy atom. The average molecular weight is 132 g/mol. The summed E-state index contributed by atoms with van der Waals surface area (Å²) in [6.07, 6.45) is 19.0. The summed E-state index contributed by atoms with van der Waals surface area (Å²) in [4.78, 5) is 0. The highest BCUT2D eigenvalue weighted by atomic mass is 13.8. The van der Waals surface area contributed by atoms with Gasteiger partial charge in [0.15, 0.2) is 0 Å². The lowest BCUT2D eigenvalue weighted by Gasteiger charge is -1.84. The molecule has 0 fully saturated rings. The zero-order chi connectivity index (χ0) is 7.07. The minimum absolute atomic E-state index is 1.05. The van der Waals surface area contributed by atoms with Gasteiger partial charge < -0.3 is 0 Å². The van der Waals surface area contributed by atoms with Crippen LogP contribution < -0.4 is 0 Å². The number of hydrogen-bond acceptors (Lipinski definition) is 0. The molecule has 0 radical (unpaired) electrons. The van der Waals surface area contributed by atoms with Crippen LogP contribution in [0.3, 0.4) is 0 Å². The van der Waals surface area contributed by atoms with Crippen molar-refractivity contribution in [3.8, 4) is 0 Å². The van der Waals surface area contributed by atoms with Crippen LogP contribution in [0.2, 0.25) is 0 Å². The Morgan fingerprint density at radius 2 is 1.00 bits per heavy atom. The standard InChI is InChI=1S/C10H12/c1-2-4-6-8-10-9-7-5-3-1/h1-6,9-10H,7-8H2/b2-1?,5-3-,6-4?,10-9-. The van der Waals surface area contributed by atoms with Gasteiger partial charge in [0.2, 0.25) is 0 Å². The fourth-order valence-electron chi connectivity index (χ4n) is 0.792. The molecule has 0 spiro atoms. The van der Waals surface area contributed by atoms with E-state index in [-0.39, 0.29) is 0 Å². The van der Waals surface area contributed by atoms with Crippen molar-refractivity contribution in [1.82, 2.24) is 0 Å². The van der Waals surface area contributed by atoms with Gasteiger partial charge >= 0.3 is 0 Å². The van der Waals surface area contributed by atoms with Crippen molar-refractivity contribution in [2.45, 2.75) is 12.8 Å². The lowest BCUT2D eigenvalue weighted by Crippen LogP contribution is -1.62. The normalized spacial score (nSPS) is 24.0. The van der Waals surface area contributed by atoms with Gasteiger partial charge in [-0.2, -0.15) is 0 Å². The van der Waals surface area contributed by atoms with Crippen molar-refractivity contribution < 1.29 is 0 Å². The first-order valence-electron chi connectivity index (χ1n) is 3.63. The van der Waals surface area contributed by atoms with Crippen LogP contribution >= 0.6 is 0 Å². The summed E-state index contributed by atoms with van der Waals surface area (Å²) < 4.78 is 0. The molecule has 0 atom stereocenters. The zero-order valence-corrected chi connectivity index (χ0v) is 6.03. The van der Waals surface area contributed by atoms with Crippen LogP contribution in [-0.2, 0) is 0 Å². The first-order chi connectivity index (χ1) is 5.00. The van der Waals surface area contributed by atoms with E-state index in [4.69, 9.17) is 0 Å². The van der Waals surface area contributed by atoms with E-state index in [1.165, 1.54) is 0 Å². The van der Waals surface area contributed by atoms with Gasteiger partial charge in [-0.05, 0) is 12.8 Å². The summed E-state index contributed by atoms with van der Waals surface area (Å²) in [7, 11) is 0. The Balaban J connectivity index is 2.51. The van der Waals surface area contributed by atoms with Gasteiger partial charge in [-0.3, -0.25) is 0 Å². The fourth-order valence-corrected chi connectivity index (χ4v) is 0.792. The Labute approximate surface area is 62.3 Å². The van der Waals surface area contributed by atoms with Gasteiger partial charge in [-0.1, -0.05) is 48.6 Å². The summed E-state index contributed by atoms with van der Waals surface area (Å²) in [5, 5.41) is 0. The monoisotopic (exact) mass is 132 g/mol. The molecule has 0 aromatic heterocycles. The third-order valence-electron chi connectivity index (χ3n) is 1.32. The molecule has 0 nitrogen and oxygen atoms in total. The quantitative estimate of drug-likeness (QED) is 0.444. The lowest BCUT2D eigenvalue weighted by atomic mass is 10.2. The summed E-state index contributed by atoms with van der Waals surface area (Å²) >= 11 is 0. The molecule has 10 heavy (non-hydrogen) atoms. The summed E-state index contributed by atoms with van der Waals surface area (Å²) in [6, 6.07) is 0. The van der Waals surface area contributed by atoms with E-state index in [1.807, 2.05) is 0 Å². The van der Waals surface area contributed by atoms with Crippen molar-refractivity contribution in [2.24, 2.45) is 0 Å². The van der Waals surface area contributed by atoms with E-state index in [9.17, 15) is 0 Å². The Hall–Kier alpha value is -1.04. The second-order valence-corrected chi connectivity index (χ2v) is 2.18. The molecule has 1 aliphatic carbocycles. The molecule has 0 saturated heterocycles. The van der Waals surface area contributed by atoms with Crippen LogP contribution in [0, 0.1) is 0 Å². The third kappa shape index (κ3) is 3.08. The summed E-state index contributed by atoms with van der Waals surface area (Å²) in [6.45, 7) is 0. The fraction of sp³-hybridized carbons (Fsp3) is 0.200. The second-order valence-electron chi connectivity index (χ2n) is 2.18. The van der Waals surface area contributed by atoms with Crippen LogP contribution in [0.1, 0.15) is 12.8 Å². The SMILES string of the molecule is C1=C/C=C\C/C=C\CC=C1. The van der Waals surface area contributed by atoms with Gasteiger partial charge in [0, 0.05) is 0 Å². The van der Waals surface area contributed by atoms with E-state index in [1.54, 1.807) is 0 Å². The molecule has 52 valence electrons. The van der Waals surface area contributed by atoms with E-state index >= 15 is 0 Å². The Bertz CT molecular complexity index is 160. The number of rotatable bonds is 0. The Kier molecular flexibility index (Phi) is 3.40. The zero-order valence-electron chi connectivity index (χ0n) is 6.03. The largest absolute Gasteiger partial charge is 0.0844 e. The van der Waals surface area contributed by atoms with Crippen molar-refractivity contribution in [1.29, 1.82) is 0 Å². The first kappa shape index (κ1) is 7.07. The van der Waals surface area contributed by atoms with Crippen LogP contribution in [0.25, 0.3) is 0 Å². The molecule has 0 amide bonds. The predicted octanol–water partition coefficient (Wildman–Crippen LogP) is 3.01. The summed E-state index contributed by atoms with van der Waals surface area (Å²) in [5.41, 5.74) is 0. The number of allylic oxidation sites excluding steroid dienone is 8. The van der Waals surface area contributed by atoms with Gasteiger partial charge in [0.1, 0.15) is 0 Å². The molecule has 0 heterocycles. The van der Waals surface area contributed by atoms with Crippen molar-refractivity contribution in [3.63, 3.8) is 0 Å². The maximum atomic E-state index is 2.18. The molecular formula is C10H12. The maximum absolute atomic E-state index is 2.18. The predicted molar refractivity (Wildman–Crippen MR) is 45.8 cm³/mol. The smallest absolute Gasteiger partial charge is 0.0166 e. The van der Waals surface area contributed by atoms with E-state index in [0.717, 1.165) is 12.8 Å². The molecule has 0 heteroatoms. The highest BCUT2D eigenvalue weighted by Crippen LogP contribution is 1.94. The van der Waals surface area contributed by atoms with Crippen molar-refractivity contribution in [3.05, 3.63) is 48.6 Å². The molecule has 0 saturated carbocycles. The lowest BCUT2D eigenvalue weighted by molar-refractivity contribution is 1.31. The Morgan fingerprint density at radius 1 is 0.500 bits per heavy atom. The maximum Gasteiger partial charge on any atom is -0.0166 e.